The van der Waals surface area contributed by atoms with Crippen LogP contribution >= 0.6 is 0 Å². The Morgan fingerprint density at radius 2 is 0.630 bits per heavy atom. The van der Waals surface area contributed by atoms with Crippen LogP contribution in [0.4, 0.5) is 0 Å². The topological polar surface area (TPSA) is 43.0 Å². The Hall–Kier alpha value is -1.56. The van der Waals surface area contributed by atoms with Crippen molar-refractivity contribution in [3.05, 3.63) is 45.0 Å². The molecule has 4 aliphatic rings. The van der Waals surface area contributed by atoms with Crippen molar-refractivity contribution in [2.24, 2.45) is 43.3 Å². The largest absolute Gasteiger partial charge is 0.490 e. The minimum absolute atomic E-state index is 0.0308. The number of allylic oxidation sites excluding steroid dienone is 2. The van der Waals surface area contributed by atoms with E-state index in [9.17, 15) is 0 Å². The molecule has 0 radical (unpaired) electrons. The summed E-state index contributed by atoms with van der Waals surface area (Å²) in [6, 6.07) is 0. The molecular weight excluding hydrogens is 665 g/mol. The molecule has 1 N–H and O–H groups in total. The van der Waals surface area contributed by atoms with Gasteiger partial charge in [0.25, 0.3) is 0 Å². The van der Waals surface area contributed by atoms with Gasteiger partial charge in [0, 0.05) is 37.0 Å². The van der Waals surface area contributed by atoms with E-state index in [0.29, 0.717) is 34.9 Å². The van der Waals surface area contributed by atoms with E-state index in [1.54, 1.807) is 22.3 Å². The average molecular weight is 757 g/mol. The predicted molar refractivity (Wildman–Crippen MR) is 237 cm³/mol. The summed E-state index contributed by atoms with van der Waals surface area (Å²) in [7, 11) is 2.21. The molecule has 316 valence electrons. The van der Waals surface area contributed by atoms with Crippen LogP contribution in [0.1, 0.15) is 166 Å². The van der Waals surface area contributed by atoms with E-state index in [1.165, 1.54) is 11.1 Å². The van der Waals surface area contributed by atoms with Gasteiger partial charge in [0.1, 0.15) is 24.7 Å². The van der Waals surface area contributed by atoms with Gasteiger partial charge >= 0.3 is 0 Å². The van der Waals surface area contributed by atoms with Gasteiger partial charge in [-0.05, 0) is 61.8 Å². The maximum absolute atomic E-state index is 5.74. The third-order valence-corrected chi connectivity index (χ3v) is 10.6. The van der Waals surface area contributed by atoms with Crippen LogP contribution in [0.15, 0.2) is 45.0 Å². The number of nitrogens with zero attached hydrogens (tertiary/aromatic N) is 1. The Kier molecular flexibility index (Phi) is 16.8. The van der Waals surface area contributed by atoms with E-state index >= 15 is 0 Å². The van der Waals surface area contributed by atoms with Gasteiger partial charge in [0.15, 0.2) is 0 Å². The van der Waals surface area contributed by atoms with Gasteiger partial charge in [0.2, 0.25) is 0 Å². The van der Waals surface area contributed by atoms with Gasteiger partial charge in [-0.2, -0.15) is 0 Å². The second-order valence-electron chi connectivity index (χ2n) is 24.5. The summed E-state index contributed by atoms with van der Waals surface area (Å²) in [5, 5.41) is 3.46. The van der Waals surface area contributed by atoms with Crippen LogP contribution in [0.25, 0.3) is 0 Å². The Morgan fingerprint density at radius 1 is 0.370 bits per heavy atom. The highest BCUT2D eigenvalue weighted by Crippen LogP contribution is 2.42. The van der Waals surface area contributed by atoms with Crippen molar-refractivity contribution in [1.82, 2.24) is 10.2 Å². The molecule has 0 atom stereocenters. The summed E-state index contributed by atoms with van der Waals surface area (Å²) < 4.78 is 17.0. The molecule has 0 unspecified atom stereocenters. The van der Waals surface area contributed by atoms with Crippen molar-refractivity contribution in [1.29, 1.82) is 0 Å². The normalized spacial score (nSPS) is 19.9. The molecule has 0 aromatic heterocycles. The molecule has 0 amide bonds. The molecule has 5 nitrogen and oxygen atoms in total. The lowest BCUT2D eigenvalue weighted by molar-refractivity contribution is 0.00833. The molecule has 0 fully saturated rings. The minimum atomic E-state index is 0.0308. The van der Waals surface area contributed by atoms with Crippen LogP contribution < -0.4 is 5.32 Å². The Bertz CT molecular complexity index is 1210. The molecular formula is C49H92N2O3. The van der Waals surface area contributed by atoms with Gasteiger partial charge < -0.3 is 19.5 Å². The number of nitrogens with one attached hydrogen (secondary N) is 1. The fraction of sp³-hybridized carbons (Fsp3) is 0.837. The zero-order valence-electron chi connectivity index (χ0n) is 40.8. The Balaban J connectivity index is 0.000000360. The van der Waals surface area contributed by atoms with Crippen molar-refractivity contribution in [3.8, 4) is 0 Å². The molecule has 0 bridgehead atoms. The summed E-state index contributed by atoms with van der Waals surface area (Å²) in [5.41, 5.74) is 11.4. The van der Waals surface area contributed by atoms with Crippen molar-refractivity contribution >= 4 is 0 Å². The molecule has 5 heteroatoms. The fourth-order valence-corrected chi connectivity index (χ4v) is 7.43. The first-order valence-corrected chi connectivity index (χ1v) is 21.0. The number of hydrogen-bond donors (Lipinski definition) is 1. The molecule has 4 rings (SSSR count). The van der Waals surface area contributed by atoms with E-state index in [2.05, 4.69) is 183 Å². The van der Waals surface area contributed by atoms with Crippen molar-refractivity contribution in [2.75, 3.05) is 59.7 Å². The van der Waals surface area contributed by atoms with E-state index < -0.39 is 0 Å². The summed E-state index contributed by atoms with van der Waals surface area (Å²) >= 11 is 0. The highest BCUT2D eigenvalue weighted by molar-refractivity contribution is 5.32. The van der Waals surface area contributed by atoms with E-state index in [-0.39, 0.29) is 21.7 Å². The minimum Gasteiger partial charge on any atom is -0.490 e. The molecule has 54 heavy (non-hydrogen) atoms. The summed E-state index contributed by atoms with van der Waals surface area (Å²) in [4.78, 5) is 2.42. The lowest BCUT2D eigenvalue weighted by Gasteiger charge is -2.35. The third-order valence-electron chi connectivity index (χ3n) is 10.6. The van der Waals surface area contributed by atoms with Gasteiger partial charge in [-0.15, -0.1) is 0 Å². The second kappa shape index (κ2) is 17.9. The highest BCUT2D eigenvalue weighted by atomic mass is 16.6. The number of rotatable bonds is 0. The highest BCUT2D eigenvalue weighted by Gasteiger charge is 2.35. The number of hydrogen-bond acceptors (Lipinski definition) is 5. The fourth-order valence-electron chi connectivity index (χ4n) is 7.43. The summed E-state index contributed by atoms with van der Waals surface area (Å²) in [6.07, 6.45) is 0. The van der Waals surface area contributed by atoms with E-state index in [4.69, 9.17) is 14.2 Å². The van der Waals surface area contributed by atoms with Crippen LogP contribution in [-0.4, -0.2) is 64.6 Å². The number of likely N-dealkylation sites (N-methyl/N-ethyl adjacent to an activating group) is 1. The van der Waals surface area contributed by atoms with E-state index in [1.807, 2.05) is 0 Å². The van der Waals surface area contributed by atoms with Crippen LogP contribution in [0.5, 0.6) is 0 Å². The summed E-state index contributed by atoms with van der Waals surface area (Å²) in [5.74, 6) is 2.02. The monoisotopic (exact) mass is 757 g/mol. The standard InChI is InChI=1S/C13H25N.C12H23N.C12H22O2.C12H22O/c1-12(2,3)10-8-14(7)9-11(10)13(4,5)6;1-11(2,3)9-7-13-8-10(9)12(4,5)6;1-11(2,3)9-10(12(4,5)6)14-8-7-13-9;1-11(2,3)9-7-13-8-10(9)12(4,5)6/h8-9H2,1-7H3;13H,7-8H2,1-6H3;7-8H2,1-6H3;7-8H2,1-6H3. The zero-order valence-corrected chi connectivity index (χ0v) is 40.8. The van der Waals surface area contributed by atoms with Crippen LogP contribution in [0.2, 0.25) is 0 Å². The lowest BCUT2D eigenvalue weighted by Crippen LogP contribution is -2.28. The van der Waals surface area contributed by atoms with Crippen molar-refractivity contribution in [3.63, 3.8) is 0 Å². The first-order valence-electron chi connectivity index (χ1n) is 21.0. The molecule has 0 aromatic carbocycles. The van der Waals surface area contributed by atoms with Crippen molar-refractivity contribution in [2.45, 2.75) is 166 Å². The molecule has 0 aromatic rings. The van der Waals surface area contributed by atoms with Crippen LogP contribution in [0, 0.1) is 43.3 Å². The Labute approximate surface area is 337 Å². The molecule has 0 saturated heterocycles. The van der Waals surface area contributed by atoms with Crippen LogP contribution in [-0.2, 0) is 14.2 Å². The predicted octanol–water partition coefficient (Wildman–Crippen LogP) is 13.0. The molecule has 0 spiro atoms. The molecule has 0 saturated carbocycles. The summed E-state index contributed by atoms with van der Waals surface area (Å²) in [6.45, 7) is 61.8. The lowest BCUT2D eigenvalue weighted by atomic mass is 9.76. The first-order chi connectivity index (χ1) is 23.8. The molecule has 4 heterocycles. The quantitative estimate of drug-likeness (QED) is 0.249. The Morgan fingerprint density at radius 3 is 0.852 bits per heavy atom. The molecule has 4 aliphatic heterocycles. The maximum Gasteiger partial charge on any atom is 0.140 e. The van der Waals surface area contributed by atoms with Crippen LogP contribution in [0.3, 0.4) is 0 Å². The molecule has 0 aliphatic carbocycles. The van der Waals surface area contributed by atoms with Gasteiger partial charge in [-0.25, -0.2) is 0 Å². The van der Waals surface area contributed by atoms with Gasteiger partial charge in [-0.3, -0.25) is 4.90 Å². The maximum atomic E-state index is 5.74. The van der Waals surface area contributed by atoms with Gasteiger partial charge in [0.05, 0.1) is 13.2 Å². The van der Waals surface area contributed by atoms with Gasteiger partial charge in [-0.1, -0.05) is 177 Å². The first kappa shape index (κ1) is 50.5. The number of ether oxygens (including phenoxy) is 3. The average Bonchev–Trinajstić information content (AvgIpc) is 3.71. The zero-order chi connectivity index (χ0) is 42.7. The smallest absolute Gasteiger partial charge is 0.140 e. The van der Waals surface area contributed by atoms with Crippen molar-refractivity contribution < 1.29 is 14.2 Å². The SMILES string of the molecule is CC(C)(C)C1=C(C(C)(C)C)CNC1.CC(C)(C)C1=C(C(C)(C)C)COC1.CC(C)(C)C1=C(C(C)(C)C)OCCO1.CN1CC(C(C)(C)C)=C(C(C)(C)C)C1. The van der Waals surface area contributed by atoms with E-state index in [0.717, 1.165) is 50.9 Å². The third kappa shape index (κ3) is 15.4. The second-order valence-corrected chi connectivity index (χ2v) is 24.5.